The van der Waals surface area contributed by atoms with Gasteiger partial charge in [0.1, 0.15) is 17.3 Å². The number of carbonyl (C=O) groups is 1. The molecule has 2 aliphatic heterocycles. The van der Waals surface area contributed by atoms with Crippen molar-refractivity contribution in [2.45, 2.75) is 56.3 Å². The standard InChI is InChI=1S/C32H25ClF7N3O3/c1-30-10-3-11-43(30)42(15-17-4-2-5-23(34)26(17)33)29(46)25(28(30)45)27(44)22-13-21(22)19-8-7-18(31(35,36)37)12-20(19)16-6-9-24(41-14-16)32(38,39)40/h2,4-9,12-14,21,29,44,46H,3,10-11,15H2,1H3. The van der Waals surface area contributed by atoms with Gasteiger partial charge in [0.15, 0.2) is 12.0 Å². The van der Waals surface area contributed by atoms with Gasteiger partial charge in [-0.2, -0.15) is 26.3 Å². The predicted molar refractivity (Wildman–Crippen MR) is 152 cm³/mol. The zero-order valence-electron chi connectivity index (χ0n) is 23.9. The Kier molecular flexibility index (Phi) is 7.82. The predicted octanol–water partition coefficient (Wildman–Crippen LogP) is 7.59. The van der Waals surface area contributed by atoms with Gasteiger partial charge in [0.2, 0.25) is 0 Å². The number of carbonyl (C=O) groups excluding carboxylic acids is 1. The molecule has 0 radical (unpaired) electrons. The fraction of sp³-hybridized carbons (Fsp3) is 0.312. The first kappa shape index (κ1) is 32.2. The van der Waals surface area contributed by atoms with Crippen molar-refractivity contribution >= 4 is 17.4 Å². The first-order chi connectivity index (χ1) is 21.5. The lowest BCUT2D eigenvalue weighted by Crippen LogP contribution is -2.65. The lowest BCUT2D eigenvalue weighted by Gasteiger charge is -2.49. The zero-order chi connectivity index (χ0) is 33.3. The second-order valence-corrected chi connectivity index (χ2v) is 12.0. The molecule has 6 nitrogen and oxygen atoms in total. The van der Waals surface area contributed by atoms with E-state index in [0.29, 0.717) is 31.0 Å². The molecule has 2 N–H and O–H groups in total. The Hall–Kier alpha value is -3.78. The van der Waals surface area contributed by atoms with Gasteiger partial charge in [-0.3, -0.25) is 9.78 Å². The molecule has 3 atom stereocenters. The number of halogens is 8. The molecule has 3 aliphatic rings. The second kappa shape index (κ2) is 11.2. The summed E-state index contributed by atoms with van der Waals surface area (Å²) in [6.07, 6.45) is -7.94. The topological polar surface area (TPSA) is 76.9 Å². The Morgan fingerprint density at radius 1 is 1.09 bits per heavy atom. The van der Waals surface area contributed by atoms with Crippen LogP contribution in [0.4, 0.5) is 30.7 Å². The zero-order valence-corrected chi connectivity index (χ0v) is 24.7. The number of alkyl halides is 6. The van der Waals surface area contributed by atoms with Crippen LogP contribution in [0.25, 0.3) is 11.1 Å². The number of aliphatic hydroxyl groups excluding tert-OH is 2. The van der Waals surface area contributed by atoms with Gasteiger partial charge in [-0.1, -0.05) is 41.9 Å². The first-order valence-electron chi connectivity index (χ1n) is 14.1. The van der Waals surface area contributed by atoms with E-state index in [2.05, 4.69) is 4.98 Å². The first-order valence-corrected chi connectivity index (χ1v) is 14.5. The quantitative estimate of drug-likeness (QED) is 0.166. The van der Waals surface area contributed by atoms with Crippen LogP contribution in [0, 0.1) is 5.82 Å². The van der Waals surface area contributed by atoms with Gasteiger partial charge in [0, 0.05) is 36.3 Å². The second-order valence-electron chi connectivity index (χ2n) is 11.6. The number of Topliss-reactive ketones (excluding diaryl/α,β-unsaturated/α-hetero) is 1. The molecule has 14 heteroatoms. The molecule has 1 aliphatic carbocycles. The third-order valence-corrected chi connectivity index (χ3v) is 9.16. The number of rotatable bonds is 5. The van der Waals surface area contributed by atoms with E-state index in [0.717, 1.165) is 30.5 Å². The molecule has 46 heavy (non-hydrogen) atoms. The fourth-order valence-corrected chi connectivity index (χ4v) is 6.46. The molecule has 2 saturated heterocycles. The molecule has 6 rings (SSSR count). The van der Waals surface area contributed by atoms with Crippen molar-refractivity contribution in [3.05, 3.63) is 111 Å². The van der Waals surface area contributed by atoms with Gasteiger partial charge < -0.3 is 10.2 Å². The van der Waals surface area contributed by atoms with E-state index in [-0.39, 0.29) is 39.4 Å². The van der Waals surface area contributed by atoms with Crippen molar-refractivity contribution < 1.29 is 45.7 Å². The molecule has 0 spiro atoms. The Bertz CT molecular complexity index is 1790. The molecule has 3 aromatic rings. The van der Waals surface area contributed by atoms with Crippen LogP contribution in [-0.4, -0.2) is 49.3 Å². The number of fused-ring (bicyclic) bond motifs is 1. The van der Waals surface area contributed by atoms with Gasteiger partial charge in [0.25, 0.3) is 0 Å². The fourth-order valence-electron chi connectivity index (χ4n) is 6.27. The number of hydrogen-bond acceptors (Lipinski definition) is 6. The highest BCUT2D eigenvalue weighted by atomic mass is 35.5. The van der Waals surface area contributed by atoms with Gasteiger partial charge >= 0.3 is 12.4 Å². The van der Waals surface area contributed by atoms with E-state index in [1.54, 1.807) is 18.0 Å². The SMILES string of the molecule is CC12CCCN1N(Cc1cccc(F)c1Cl)C(O)C(=C(O)C1=CC1c1ccc(C(F)(F)F)cc1-c1ccc(C(F)(F)F)nc1)C2=O. The number of aliphatic hydroxyl groups is 2. The number of aromatic nitrogens is 1. The van der Waals surface area contributed by atoms with E-state index >= 15 is 0 Å². The number of nitrogens with zero attached hydrogens (tertiary/aromatic N) is 3. The van der Waals surface area contributed by atoms with E-state index in [1.165, 1.54) is 23.2 Å². The van der Waals surface area contributed by atoms with Crippen LogP contribution in [0.1, 0.15) is 48.1 Å². The van der Waals surface area contributed by atoms with Crippen molar-refractivity contribution in [1.29, 1.82) is 0 Å². The number of benzene rings is 2. The summed E-state index contributed by atoms with van der Waals surface area (Å²) >= 11 is 6.18. The summed E-state index contributed by atoms with van der Waals surface area (Å²) in [4.78, 5) is 17.2. The molecule has 2 aromatic carbocycles. The Labute approximate surface area is 263 Å². The summed E-state index contributed by atoms with van der Waals surface area (Å²) in [5.41, 5.74) is -3.20. The van der Waals surface area contributed by atoms with Crippen LogP contribution in [0.3, 0.4) is 0 Å². The van der Waals surface area contributed by atoms with Gasteiger partial charge in [-0.15, -0.1) is 0 Å². The third kappa shape index (κ3) is 5.48. The van der Waals surface area contributed by atoms with E-state index in [1.807, 2.05) is 0 Å². The summed E-state index contributed by atoms with van der Waals surface area (Å²) in [5, 5.41) is 25.9. The maximum Gasteiger partial charge on any atom is 0.433 e. The van der Waals surface area contributed by atoms with Crippen molar-refractivity contribution in [2.24, 2.45) is 0 Å². The Morgan fingerprint density at radius 3 is 2.48 bits per heavy atom. The molecule has 242 valence electrons. The number of ketones is 1. The minimum Gasteiger partial charge on any atom is -0.507 e. The van der Waals surface area contributed by atoms with Crippen LogP contribution >= 0.6 is 11.6 Å². The van der Waals surface area contributed by atoms with Gasteiger partial charge in [-0.25, -0.2) is 14.4 Å². The van der Waals surface area contributed by atoms with Crippen LogP contribution in [0.5, 0.6) is 0 Å². The van der Waals surface area contributed by atoms with Crippen molar-refractivity contribution in [3.63, 3.8) is 0 Å². The number of hydrogen-bond donors (Lipinski definition) is 2. The lowest BCUT2D eigenvalue weighted by molar-refractivity contribution is -0.190. The Morgan fingerprint density at radius 2 is 1.83 bits per heavy atom. The van der Waals surface area contributed by atoms with E-state index < -0.39 is 58.7 Å². The van der Waals surface area contributed by atoms with Crippen molar-refractivity contribution in [1.82, 2.24) is 15.0 Å². The van der Waals surface area contributed by atoms with Crippen LogP contribution in [0.15, 0.2) is 77.7 Å². The Balaban J connectivity index is 1.38. The number of pyridine rings is 1. The average Bonchev–Trinajstić information content (AvgIpc) is 3.70. The highest BCUT2D eigenvalue weighted by Gasteiger charge is 2.55. The molecule has 1 aromatic heterocycles. The molecular weight excluding hydrogens is 643 g/mol. The highest BCUT2D eigenvalue weighted by Crippen LogP contribution is 2.50. The maximum absolute atomic E-state index is 14.2. The highest BCUT2D eigenvalue weighted by molar-refractivity contribution is 6.31. The summed E-state index contributed by atoms with van der Waals surface area (Å²) in [5.74, 6) is -2.62. The van der Waals surface area contributed by atoms with Crippen LogP contribution in [0.2, 0.25) is 5.02 Å². The summed E-state index contributed by atoms with van der Waals surface area (Å²) < 4.78 is 94.5. The van der Waals surface area contributed by atoms with E-state index in [9.17, 15) is 45.7 Å². The number of allylic oxidation sites excluding steroid dienone is 2. The molecule has 0 amide bonds. The molecule has 3 heterocycles. The van der Waals surface area contributed by atoms with Crippen molar-refractivity contribution in [2.75, 3.05) is 6.54 Å². The normalized spacial score (nSPS) is 25.0. The average molecular weight is 668 g/mol. The van der Waals surface area contributed by atoms with Crippen LogP contribution in [-0.2, 0) is 23.7 Å². The number of hydrazine groups is 1. The minimum absolute atomic E-state index is 0.0260. The lowest BCUT2D eigenvalue weighted by atomic mass is 9.84. The van der Waals surface area contributed by atoms with Gasteiger partial charge in [0.05, 0.1) is 21.7 Å². The maximum atomic E-state index is 14.2. The monoisotopic (exact) mass is 667 g/mol. The molecule has 3 unspecified atom stereocenters. The molecule has 0 bridgehead atoms. The molecule has 0 saturated carbocycles. The molecular formula is C32H25ClF7N3O3. The smallest absolute Gasteiger partial charge is 0.433 e. The van der Waals surface area contributed by atoms with Crippen molar-refractivity contribution in [3.8, 4) is 11.1 Å². The summed E-state index contributed by atoms with van der Waals surface area (Å²) in [7, 11) is 0. The van der Waals surface area contributed by atoms with Crippen LogP contribution < -0.4 is 0 Å². The third-order valence-electron chi connectivity index (χ3n) is 8.73. The molecule has 2 fully saturated rings. The van der Waals surface area contributed by atoms with E-state index in [4.69, 9.17) is 11.6 Å². The summed E-state index contributed by atoms with van der Waals surface area (Å²) in [6.45, 7) is 1.94. The largest absolute Gasteiger partial charge is 0.507 e. The van der Waals surface area contributed by atoms with Gasteiger partial charge in [-0.05, 0) is 60.7 Å². The summed E-state index contributed by atoms with van der Waals surface area (Å²) in [6, 6.07) is 8.60. The minimum atomic E-state index is -4.76.